The Kier molecular flexibility index (Phi) is 2.39. The largest absolute Gasteiger partial charge is 0.489 e. The second-order valence-corrected chi connectivity index (χ2v) is 3.35. The van der Waals surface area contributed by atoms with Crippen LogP contribution in [0.2, 0.25) is 0 Å². The second-order valence-electron chi connectivity index (χ2n) is 3.35. The van der Waals surface area contributed by atoms with Gasteiger partial charge in [-0.25, -0.2) is 4.98 Å². The minimum absolute atomic E-state index is 0.313. The lowest BCUT2D eigenvalue weighted by molar-refractivity contribution is 0.269. The lowest BCUT2D eigenvalue weighted by atomic mass is 10.4. The lowest BCUT2D eigenvalue weighted by Crippen LogP contribution is -2.05. The molecule has 1 saturated carbocycles. The summed E-state index contributed by atoms with van der Waals surface area (Å²) in [6.45, 7) is 0.687. The van der Waals surface area contributed by atoms with Crippen LogP contribution in [-0.2, 0) is 0 Å². The van der Waals surface area contributed by atoms with Gasteiger partial charge in [-0.05, 0) is 18.8 Å². The summed E-state index contributed by atoms with van der Waals surface area (Å²) < 4.78 is 10.5. The van der Waals surface area contributed by atoms with E-state index in [2.05, 4.69) is 9.97 Å². The third-order valence-corrected chi connectivity index (χ3v) is 2.16. The highest BCUT2D eigenvalue weighted by Gasteiger charge is 2.23. The van der Waals surface area contributed by atoms with Gasteiger partial charge in [0.2, 0.25) is 5.75 Å². The smallest absolute Gasteiger partial charge is 0.262 e. The van der Waals surface area contributed by atoms with Crippen molar-refractivity contribution >= 4 is 5.82 Å². The average molecular weight is 195 g/mol. The van der Waals surface area contributed by atoms with Crippen LogP contribution in [0.1, 0.15) is 12.8 Å². The molecule has 1 aliphatic rings. The Balaban J connectivity index is 2.09. The van der Waals surface area contributed by atoms with E-state index in [1.807, 2.05) is 0 Å². The maximum atomic E-state index is 5.60. The van der Waals surface area contributed by atoms with Gasteiger partial charge in [-0.15, -0.1) is 0 Å². The number of hydrogen-bond donors (Lipinski definition) is 1. The Morgan fingerprint density at radius 3 is 2.93 bits per heavy atom. The van der Waals surface area contributed by atoms with E-state index in [9.17, 15) is 0 Å². The number of nitrogens with two attached hydrogens (primary N) is 1. The highest BCUT2D eigenvalue weighted by atomic mass is 16.5. The molecule has 0 aromatic carbocycles. The van der Waals surface area contributed by atoms with Gasteiger partial charge in [-0.2, -0.15) is 4.98 Å². The van der Waals surface area contributed by atoms with E-state index in [4.69, 9.17) is 15.2 Å². The van der Waals surface area contributed by atoms with Crippen LogP contribution in [0.5, 0.6) is 11.6 Å². The summed E-state index contributed by atoms with van der Waals surface area (Å²) in [4.78, 5) is 7.79. The van der Waals surface area contributed by atoms with Gasteiger partial charge in [-0.3, -0.25) is 0 Å². The van der Waals surface area contributed by atoms with Crippen molar-refractivity contribution in [2.24, 2.45) is 5.92 Å². The zero-order valence-corrected chi connectivity index (χ0v) is 8.06. The van der Waals surface area contributed by atoms with Gasteiger partial charge in [0, 0.05) is 0 Å². The molecule has 0 aliphatic heterocycles. The SMILES string of the molecule is COc1c(N)ncnc1OCC1CC1. The Morgan fingerprint density at radius 2 is 2.29 bits per heavy atom. The first-order valence-corrected chi connectivity index (χ1v) is 4.58. The molecular weight excluding hydrogens is 182 g/mol. The third-order valence-electron chi connectivity index (χ3n) is 2.16. The van der Waals surface area contributed by atoms with Gasteiger partial charge < -0.3 is 15.2 Å². The summed E-state index contributed by atoms with van der Waals surface area (Å²) in [5.41, 5.74) is 5.60. The van der Waals surface area contributed by atoms with E-state index in [-0.39, 0.29) is 0 Å². The number of anilines is 1. The predicted octanol–water partition coefficient (Wildman–Crippen LogP) is 0.856. The fourth-order valence-electron chi connectivity index (χ4n) is 1.15. The highest BCUT2D eigenvalue weighted by Crippen LogP contribution is 2.33. The minimum Gasteiger partial charge on any atom is -0.489 e. The van der Waals surface area contributed by atoms with E-state index in [1.165, 1.54) is 26.3 Å². The molecule has 2 rings (SSSR count). The van der Waals surface area contributed by atoms with Crippen molar-refractivity contribution in [3.05, 3.63) is 6.33 Å². The first kappa shape index (κ1) is 9.05. The van der Waals surface area contributed by atoms with Crippen molar-refractivity contribution in [2.45, 2.75) is 12.8 Å². The van der Waals surface area contributed by atoms with Crippen LogP contribution >= 0.6 is 0 Å². The average Bonchev–Trinajstić information content (AvgIpc) is 2.98. The van der Waals surface area contributed by atoms with Crippen LogP contribution in [0, 0.1) is 5.92 Å². The molecule has 1 heterocycles. The molecular formula is C9H13N3O2. The fraction of sp³-hybridized carbons (Fsp3) is 0.556. The Bertz CT molecular complexity index is 326. The molecule has 1 aromatic heterocycles. The topological polar surface area (TPSA) is 70.3 Å². The van der Waals surface area contributed by atoms with Gasteiger partial charge in [0.15, 0.2) is 5.82 Å². The summed E-state index contributed by atoms with van der Waals surface area (Å²) in [5.74, 6) is 1.85. The minimum atomic E-state index is 0.313. The zero-order valence-electron chi connectivity index (χ0n) is 8.06. The van der Waals surface area contributed by atoms with E-state index >= 15 is 0 Å². The molecule has 14 heavy (non-hydrogen) atoms. The summed E-state index contributed by atoms with van der Waals surface area (Å²) in [6, 6.07) is 0. The molecule has 1 fully saturated rings. The Morgan fingerprint density at radius 1 is 1.50 bits per heavy atom. The van der Waals surface area contributed by atoms with Gasteiger partial charge in [0.1, 0.15) is 6.33 Å². The maximum Gasteiger partial charge on any atom is 0.262 e. The lowest BCUT2D eigenvalue weighted by Gasteiger charge is -2.09. The molecule has 76 valence electrons. The maximum absolute atomic E-state index is 5.60. The van der Waals surface area contributed by atoms with E-state index in [0.29, 0.717) is 30.0 Å². The first-order chi connectivity index (χ1) is 6.81. The van der Waals surface area contributed by atoms with E-state index in [0.717, 1.165) is 0 Å². The van der Waals surface area contributed by atoms with E-state index in [1.54, 1.807) is 0 Å². The molecule has 0 unspecified atom stereocenters. The van der Waals surface area contributed by atoms with Gasteiger partial charge in [0.25, 0.3) is 5.88 Å². The molecule has 1 aliphatic carbocycles. The fourth-order valence-corrected chi connectivity index (χ4v) is 1.15. The van der Waals surface area contributed by atoms with Crippen molar-refractivity contribution < 1.29 is 9.47 Å². The summed E-state index contributed by atoms with van der Waals surface area (Å²) in [7, 11) is 1.53. The molecule has 5 nitrogen and oxygen atoms in total. The van der Waals surface area contributed by atoms with Crippen LogP contribution < -0.4 is 15.2 Å². The van der Waals surface area contributed by atoms with Crippen LogP contribution in [0.25, 0.3) is 0 Å². The number of nitrogens with zero attached hydrogens (tertiary/aromatic N) is 2. The van der Waals surface area contributed by atoms with Crippen molar-refractivity contribution in [1.29, 1.82) is 0 Å². The van der Waals surface area contributed by atoms with Crippen LogP contribution in [0.4, 0.5) is 5.82 Å². The summed E-state index contributed by atoms with van der Waals surface area (Å²) >= 11 is 0. The van der Waals surface area contributed by atoms with Crippen molar-refractivity contribution in [2.75, 3.05) is 19.5 Å². The van der Waals surface area contributed by atoms with E-state index < -0.39 is 0 Å². The number of nitrogen functional groups attached to an aromatic ring is 1. The number of hydrogen-bond acceptors (Lipinski definition) is 5. The highest BCUT2D eigenvalue weighted by molar-refractivity contribution is 5.51. The normalized spacial score (nSPS) is 15.2. The third kappa shape index (κ3) is 1.86. The first-order valence-electron chi connectivity index (χ1n) is 4.58. The number of aromatic nitrogens is 2. The molecule has 0 saturated heterocycles. The van der Waals surface area contributed by atoms with Crippen molar-refractivity contribution in [3.63, 3.8) is 0 Å². The molecule has 0 amide bonds. The Hall–Kier alpha value is -1.52. The van der Waals surface area contributed by atoms with Crippen LogP contribution in [-0.4, -0.2) is 23.7 Å². The molecule has 0 spiro atoms. The molecule has 0 bridgehead atoms. The number of methoxy groups -OCH3 is 1. The monoisotopic (exact) mass is 195 g/mol. The molecule has 1 aromatic rings. The summed E-state index contributed by atoms with van der Waals surface area (Å²) in [6.07, 6.45) is 3.85. The second kappa shape index (κ2) is 3.69. The van der Waals surface area contributed by atoms with Crippen LogP contribution in [0.15, 0.2) is 6.33 Å². The Labute approximate surface area is 82.3 Å². The van der Waals surface area contributed by atoms with Gasteiger partial charge in [-0.1, -0.05) is 0 Å². The van der Waals surface area contributed by atoms with Gasteiger partial charge >= 0.3 is 0 Å². The zero-order chi connectivity index (χ0) is 9.97. The number of rotatable bonds is 4. The predicted molar refractivity (Wildman–Crippen MR) is 51.2 cm³/mol. The van der Waals surface area contributed by atoms with Crippen molar-refractivity contribution in [1.82, 2.24) is 9.97 Å². The molecule has 0 atom stereocenters. The molecule has 0 radical (unpaired) electrons. The molecule has 2 N–H and O–H groups in total. The standard InChI is InChI=1S/C9H13N3O2/c1-13-7-8(10)11-5-12-9(7)14-4-6-2-3-6/h5-6H,2-4H2,1H3,(H2,10,11,12). The quantitative estimate of drug-likeness (QED) is 0.771. The van der Waals surface area contributed by atoms with Gasteiger partial charge in [0.05, 0.1) is 13.7 Å². The molecule has 5 heteroatoms. The number of ether oxygens (including phenoxy) is 2. The van der Waals surface area contributed by atoms with Crippen LogP contribution in [0.3, 0.4) is 0 Å². The summed E-state index contributed by atoms with van der Waals surface area (Å²) in [5, 5.41) is 0. The van der Waals surface area contributed by atoms with Crippen molar-refractivity contribution in [3.8, 4) is 11.6 Å².